The summed E-state index contributed by atoms with van der Waals surface area (Å²) >= 11 is 2.85. The van der Waals surface area contributed by atoms with Crippen LogP contribution >= 0.6 is 40.4 Å². The number of hydrogen-bond donors (Lipinski definition) is 0. The Labute approximate surface area is 159 Å². The summed E-state index contributed by atoms with van der Waals surface area (Å²) in [4.78, 5) is 17.5. The average molecular weight is 428 g/mol. The molecule has 1 aromatic heterocycles. The molecule has 1 heterocycles. The largest absolute Gasteiger partial charge is 0.465 e. The number of aryl methyl sites for hydroxylation is 1. The van der Waals surface area contributed by atoms with Gasteiger partial charge in [-0.05, 0) is 40.0 Å². The monoisotopic (exact) mass is 427 g/mol. The number of rotatable bonds is 10. The Balaban J connectivity index is 2.17. The van der Waals surface area contributed by atoms with Crippen LogP contribution in [-0.2, 0) is 28.9 Å². The van der Waals surface area contributed by atoms with E-state index in [1.807, 2.05) is 0 Å². The number of esters is 1. The van der Waals surface area contributed by atoms with Crippen molar-refractivity contribution in [1.29, 1.82) is 0 Å². The highest BCUT2D eigenvalue weighted by Crippen LogP contribution is 2.70. The molecule has 11 heteroatoms. The zero-order chi connectivity index (χ0) is 18.3. The molecule has 1 aliphatic rings. The molecule has 0 aliphatic heterocycles. The molecule has 1 aliphatic carbocycles. The molecule has 0 amide bonds. The first kappa shape index (κ1) is 21.1. The molecule has 0 N–H and O–H groups in total. The molecule has 25 heavy (non-hydrogen) atoms. The molecule has 0 aromatic carbocycles. The van der Waals surface area contributed by atoms with Crippen molar-refractivity contribution in [3.8, 4) is 5.19 Å². The molecule has 7 nitrogen and oxygen atoms in total. The molecule has 0 radical (unpaired) electrons. The van der Waals surface area contributed by atoms with Crippen LogP contribution in [0, 0.1) is 0 Å². The third-order valence-electron chi connectivity index (χ3n) is 3.22. The molecule has 1 aromatic rings. The molecule has 0 spiro atoms. The van der Waals surface area contributed by atoms with Gasteiger partial charge in [0.1, 0.15) is 29.2 Å². The Morgan fingerprint density at radius 1 is 1.24 bits per heavy atom. The fourth-order valence-electron chi connectivity index (χ4n) is 2.28. The van der Waals surface area contributed by atoms with Gasteiger partial charge in [0.2, 0.25) is 0 Å². The van der Waals surface area contributed by atoms with Gasteiger partial charge < -0.3 is 17.6 Å². The molecule has 1 atom stereocenters. The van der Waals surface area contributed by atoms with Crippen LogP contribution in [0.3, 0.4) is 0 Å². The first-order valence-electron chi connectivity index (χ1n) is 8.11. The van der Waals surface area contributed by atoms with Crippen LogP contribution in [0.1, 0.15) is 50.1 Å². The van der Waals surface area contributed by atoms with E-state index in [0.717, 1.165) is 41.0 Å². The lowest BCUT2D eigenvalue weighted by Gasteiger charge is -2.18. The van der Waals surface area contributed by atoms with Crippen LogP contribution in [-0.4, -0.2) is 30.8 Å². The maximum atomic E-state index is 12.9. The van der Waals surface area contributed by atoms with Crippen molar-refractivity contribution in [3.05, 3.63) is 10.6 Å². The predicted octanol–water partition coefficient (Wildman–Crippen LogP) is 4.98. The van der Waals surface area contributed by atoms with Crippen molar-refractivity contribution in [2.24, 2.45) is 0 Å². The van der Waals surface area contributed by atoms with Crippen molar-refractivity contribution < 1.29 is 27.0 Å². The summed E-state index contributed by atoms with van der Waals surface area (Å²) in [6, 6.07) is 0. The lowest BCUT2D eigenvalue weighted by molar-refractivity contribution is -0.145. The number of aromatic nitrogens is 1. The third kappa shape index (κ3) is 5.87. The second-order valence-corrected chi connectivity index (χ2v) is 12.4. The zero-order valence-electron chi connectivity index (χ0n) is 14.4. The molecular formula is C14H22NO6PS3. The Morgan fingerprint density at radius 3 is 2.52 bits per heavy atom. The van der Waals surface area contributed by atoms with Crippen LogP contribution in [0.5, 0.6) is 5.19 Å². The summed E-state index contributed by atoms with van der Waals surface area (Å²) in [7, 11) is 0. The number of carbonyl (C=O) groups excluding carboxylic acids is 1. The number of thiazole rings is 1. The highest BCUT2D eigenvalue weighted by Gasteiger charge is 2.35. The van der Waals surface area contributed by atoms with Gasteiger partial charge in [-0.3, -0.25) is 4.79 Å². The molecule has 142 valence electrons. The second-order valence-electron chi connectivity index (χ2n) is 4.99. The van der Waals surface area contributed by atoms with Crippen LogP contribution in [0.2, 0.25) is 0 Å². The minimum atomic E-state index is -3.32. The summed E-state index contributed by atoms with van der Waals surface area (Å²) in [6.45, 7) is 6.50. The third-order valence-corrected chi connectivity index (χ3v) is 9.07. The summed E-state index contributed by atoms with van der Waals surface area (Å²) < 4.78 is 34.0. The lowest BCUT2D eigenvalue weighted by atomic mass is 9.91. The standard InChI is InChI=1S/C14H22NO6PS3/c1-4-18-13(16)10-8-7-9-11-12(10)15-14(23-11)21-22(17,24-19-5-2)25-20-6-3/h10H,4-9H2,1-3H3. The topological polar surface area (TPSA) is 84.0 Å². The Hall–Kier alpha value is -0.250. The average Bonchev–Trinajstić information content (AvgIpc) is 3.00. The van der Waals surface area contributed by atoms with Crippen LogP contribution in [0.4, 0.5) is 0 Å². The molecule has 0 saturated carbocycles. The summed E-state index contributed by atoms with van der Waals surface area (Å²) in [6.07, 6.45) is 2.42. The highest BCUT2D eigenvalue weighted by molar-refractivity contribution is 8.87. The maximum Gasteiger partial charge on any atom is 0.413 e. The zero-order valence-corrected chi connectivity index (χ0v) is 17.7. The van der Waals surface area contributed by atoms with E-state index in [0.29, 0.717) is 31.9 Å². The van der Waals surface area contributed by atoms with Crippen LogP contribution in [0.25, 0.3) is 0 Å². The van der Waals surface area contributed by atoms with Gasteiger partial charge in [-0.1, -0.05) is 11.3 Å². The highest BCUT2D eigenvalue weighted by atomic mass is 33.1. The number of ether oxygens (including phenoxy) is 1. The Kier molecular flexibility index (Phi) is 8.57. The SMILES string of the molecule is CCOSP(=O)(Oc1nc2c(s1)CCCC2C(=O)OCC)SOCC. The van der Waals surface area contributed by atoms with Gasteiger partial charge in [-0.25, -0.2) is 9.55 Å². The molecule has 1 unspecified atom stereocenters. The smallest absolute Gasteiger partial charge is 0.413 e. The van der Waals surface area contributed by atoms with E-state index in [-0.39, 0.29) is 17.1 Å². The number of carbonyl (C=O) groups is 1. The fourth-order valence-corrected chi connectivity index (χ4v) is 7.79. The Morgan fingerprint density at radius 2 is 1.92 bits per heavy atom. The molecule has 0 fully saturated rings. The van der Waals surface area contributed by atoms with Crippen molar-refractivity contribution in [2.45, 2.75) is 46.0 Å². The molecule has 2 rings (SSSR count). The van der Waals surface area contributed by atoms with Crippen LogP contribution < -0.4 is 4.52 Å². The van der Waals surface area contributed by atoms with Crippen molar-refractivity contribution >= 4 is 46.4 Å². The quantitative estimate of drug-likeness (QED) is 0.291. The minimum absolute atomic E-state index is 0.268. The van der Waals surface area contributed by atoms with Crippen molar-refractivity contribution in [1.82, 2.24) is 4.98 Å². The van der Waals surface area contributed by atoms with Gasteiger partial charge in [-0.2, -0.15) is 0 Å². The van der Waals surface area contributed by atoms with Gasteiger partial charge in [-0.15, -0.1) is 0 Å². The molecular weight excluding hydrogens is 405 g/mol. The predicted molar refractivity (Wildman–Crippen MR) is 101 cm³/mol. The van der Waals surface area contributed by atoms with E-state index < -0.39 is 5.77 Å². The maximum absolute atomic E-state index is 12.9. The summed E-state index contributed by atoms with van der Waals surface area (Å²) in [5.41, 5.74) is 0.680. The van der Waals surface area contributed by atoms with Crippen LogP contribution in [0.15, 0.2) is 0 Å². The van der Waals surface area contributed by atoms with E-state index in [1.165, 1.54) is 11.3 Å². The number of nitrogens with zero attached hydrogens (tertiary/aromatic N) is 1. The van der Waals surface area contributed by atoms with E-state index in [4.69, 9.17) is 17.6 Å². The molecule has 0 bridgehead atoms. The van der Waals surface area contributed by atoms with Gasteiger partial charge in [0.15, 0.2) is 0 Å². The fraction of sp³-hybridized carbons (Fsp3) is 0.714. The normalized spacial score (nSPS) is 17.2. The first-order valence-corrected chi connectivity index (χ1v) is 13.2. The molecule has 0 saturated heterocycles. The van der Waals surface area contributed by atoms with Crippen molar-refractivity contribution in [3.63, 3.8) is 0 Å². The number of fused-ring (bicyclic) bond motifs is 1. The lowest BCUT2D eigenvalue weighted by Crippen LogP contribution is -2.20. The van der Waals surface area contributed by atoms with Crippen molar-refractivity contribution in [2.75, 3.05) is 19.8 Å². The number of hydrogen-bond acceptors (Lipinski definition) is 10. The van der Waals surface area contributed by atoms with Gasteiger partial charge in [0.25, 0.3) is 5.19 Å². The van der Waals surface area contributed by atoms with E-state index in [2.05, 4.69) is 4.98 Å². The van der Waals surface area contributed by atoms with Gasteiger partial charge in [0.05, 0.1) is 25.5 Å². The second kappa shape index (κ2) is 10.2. The Bertz CT molecular complexity index is 614. The summed E-state index contributed by atoms with van der Waals surface area (Å²) in [5.74, 6) is -3.96. The van der Waals surface area contributed by atoms with E-state index >= 15 is 0 Å². The minimum Gasteiger partial charge on any atom is -0.465 e. The van der Waals surface area contributed by atoms with Gasteiger partial charge >= 0.3 is 11.7 Å². The summed E-state index contributed by atoms with van der Waals surface area (Å²) in [5, 5.41) is 0.268. The van der Waals surface area contributed by atoms with E-state index in [1.54, 1.807) is 20.8 Å². The van der Waals surface area contributed by atoms with Gasteiger partial charge in [0, 0.05) is 4.88 Å². The van der Waals surface area contributed by atoms with E-state index in [9.17, 15) is 9.36 Å². The first-order chi connectivity index (χ1) is 12.0.